The van der Waals surface area contributed by atoms with E-state index in [-0.39, 0.29) is 12.0 Å². The van der Waals surface area contributed by atoms with Crippen molar-refractivity contribution in [1.82, 2.24) is 5.32 Å². The fourth-order valence-corrected chi connectivity index (χ4v) is 2.08. The summed E-state index contributed by atoms with van der Waals surface area (Å²) in [7, 11) is 0. The minimum atomic E-state index is -1.07. The van der Waals surface area contributed by atoms with Gasteiger partial charge in [-0.25, -0.2) is 8.78 Å². The van der Waals surface area contributed by atoms with Crippen LogP contribution >= 0.6 is 0 Å². The smallest absolute Gasteiger partial charge is 0.254 e. The summed E-state index contributed by atoms with van der Waals surface area (Å²) >= 11 is 0. The molecule has 0 aliphatic heterocycles. The Labute approximate surface area is 136 Å². The molecule has 1 atom stereocenters. The quantitative estimate of drug-likeness (QED) is 0.873. The molecule has 3 N–H and O–H groups in total. The van der Waals surface area contributed by atoms with Crippen LogP contribution in [0.25, 0.3) is 0 Å². The maximum absolute atomic E-state index is 13.6. The van der Waals surface area contributed by atoms with Gasteiger partial charge in [0.25, 0.3) is 5.91 Å². The number of hydrogen-bond donors (Lipinski definition) is 2. The van der Waals surface area contributed by atoms with Crippen molar-refractivity contribution in [3.05, 3.63) is 70.8 Å². The van der Waals surface area contributed by atoms with Gasteiger partial charge in [-0.2, -0.15) is 5.26 Å². The van der Waals surface area contributed by atoms with Gasteiger partial charge in [0.2, 0.25) is 5.91 Å². The summed E-state index contributed by atoms with van der Waals surface area (Å²) in [6.07, 6.45) is 0.0790. The molecule has 0 saturated heterocycles. The largest absolute Gasteiger partial charge is 0.368 e. The number of benzene rings is 2. The lowest BCUT2D eigenvalue weighted by Gasteiger charge is -2.16. The SMILES string of the molecule is N#Cc1ccc(C[C@@H](NC(=O)c2ccc(F)cc2F)C(N)=O)cc1. The second-order valence-corrected chi connectivity index (χ2v) is 5.07. The summed E-state index contributed by atoms with van der Waals surface area (Å²) in [5.41, 5.74) is 6.00. The Hall–Kier alpha value is -3.27. The number of hydrogen-bond acceptors (Lipinski definition) is 3. The lowest BCUT2D eigenvalue weighted by atomic mass is 10.0. The molecule has 0 spiro atoms. The van der Waals surface area contributed by atoms with Crippen molar-refractivity contribution in [2.45, 2.75) is 12.5 Å². The summed E-state index contributed by atoms with van der Waals surface area (Å²) in [6, 6.07) is 9.77. The first-order valence-corrected chi connectivity index (χ1v) is 6.95. The minimum absolute atomic E-state index is 0.0790. The van der Waals surface area contributed by atoms with Crippen molar-refractivity contribution in [1.29, 1.82) is 5.26 Å². The van der Waals surface area contributed by atoms with Gasteiger partial charge in [0.15, 0.2) is 0 Å². The number of nitrogens with two attached hydrogens (primary N) is 1. The molecule has 7 heteroatoms. The van der Waals surface area contributed by atoms with Crippen LogP contribution in [-0.2, 0) is 11.2 Å². The van der Waals surface area contributed by atoms with E-state index < -0.39 is 29.5 Å². The van der Waals surface area contributed by atoms with Crippen molar-refractivity contribution in [2.75, 3.05) is 0 Å². The van der Waals surface area contributed by atoms with Crippen molar-refractivity contribution in [3.63, 3.8) is 0 Å². The third kappa shape index (κ3) is 4.14. The van der Waals surface area contributed by atoms with Gasteiger partial charge in [-0.1, -0.05) is 12.1 Å². The maximum atomic E-state index is 13.6. The molecule has 5 nitrogen and oxygen atoms in total. The van der Waals surface area contributed by atoms with E-state index in [0.717, 1.165) is 12.1 Å². The second-order valence-electron chi connectivity index (χ2n) is 5.07. The molecular formula is C17H13F2N3O2. The maximum Gasteiger partial charge on any atom is 0.254 e. The summed E-state index contributed by atoms with van der Waals surface area (Å²) in [4.78, 5) is 23.6. The normalized spacial score (nSPS) is 11.4. The third-order valence-corrected chi connectivity index (χ3v) is 3.35. The zero-order chi connectivity index (χ0) is 17.7. The first kappa shape index (κ1) is 17.1. The number of nitrogens with one attached hydrogen (secondary N) is 1. The van der Waals surface area contributed by atoms with Crippen LogP contribution in [0.4, 0.5) is 8.78 Å². The highest BCUT2D eigenvalue weighted by Crippen LogP contribution is 2.11. The van der Waals surface area contributed by atoms with E-state index in [0.29, 0.717) is 17.2 Å². The van der Waals surface area contributed by atoms with Gasteiger partial charge in [0.05, 0.1) is 17.2 Å². The number of primary amides is 1. The van der Waals surface area contributed by atoms with Crippen molar-refractivity contribution < 1.29 is 18.4 Å². The zero-order valence-corrected chi connectivity index (χ0v) is 12.4. The van der Waals surface area contributed by atoms with Crippen LogP contribution in [0.3, 0.4) is 0 Å². The monoisotopic (exact) mass is 329 g/mol. The number of halogens is 2. The van der Waals surface area contributed by atoms with E-state index in [1.54, 1.807) is 24.3 Å². The summed E-state index contributed by atoms with van der Waals surface area (Å²) in [5.74, 6) is -3.51. The van der Waals surface area contributed by atoms with Crippen LogP contribution in [-0.4, -0.2) is 17.9 Å². The highest BCUT2D eigenvalue weighted by atomic mass is 19.1. The van der Waals surface area contributed by atoms with Gasteiger partial charge in [0, 0.05) is 12.5 Å². The Kier molecular flexibility index (Phi) is 5.22. The predicted octanol–water partition coefficient (Wildman–Crippen LogP) is 1.66. The zero-order valence-electron chi connectivity index (χ0n) is 12.4. The highest BCUT2D eigenvalue weighted by Gasteiger charge is 2.21. The van der Waals surface area contributed by atoms with Gasteiger partial charge < -0.3 is 11.1 Å². The Morgan fingerprint density at radius 2 is 1.83 bits per heavy atom. The van der Waals surface area contributed by atoms with Crippen LogP contribution < -0.4 is 11.1 Å². The van der Waals surface area contributed by atoms with Crippen LogP contribution in [0.2, 0.25) is 0 Å². The van der Waals surface area contributed by atoms with E-state index in [2.05, 4.69) is 5.32 Å². The Morgan fingerprint density at radius 3 is 2.38 bits per heavy atom. The lowest BCUT2D eigenvalue weighted by molar-refractivity contribution is -0.119. The summed E-state index contributed by atoms with van der Waals surface area (Å²) in [6.45, 7) is 0. The van der Waals surface area contributed by atoms with E-state index in [1.165, 1.54) is 0 Å². The molecule has 24 heavy (non-hydrogen) atoms. The Balaban J connectivity index is 2.14. The molecule has 0 unspecified atom stereocenters. The molecular weight excluding hydrogens is 316 g/mol. The number of nitrogens with zero attached hydrogens (tertiary/aromatic N) is 1. The molecule has 0 saturated carbocycles. The summed E-state index contributed by atoms with van der Waals surface area (Å²) in [5, 5.41) is 11.1. The topological polar surface area (TPSA) is 96.0 Å². The van der Waals surface area contributed by atoms with E-state index >= 15 is 0 Å². The fourth-order valence-electron chi connectivity index (χ4n) is 2.08. The number of amides is 2. The van der Waals surface area contributed by atoms with Crippen LogP contribution in [0.5, 0.6) is 0 Å². The first-order chi connectivity index (χ1) is 11.4. The first-order valence-electron chi connectivity index (χ1n) is 6.95. The number of carbonyl (C=O) groups is 2. The molecule has 2 rings (SSSR count). The number of rotatable bonds is 5. The Bertz CT molecular complexity index is 814. The molecule has 2 amide bonds. The van der Waals surface area contributed by atoms with Gasteiger partial charge >= 0.3 is 0 Å². The molecule has 0 aliphatic carbocycles. The number of nitriles is 1. The van der Waals surface area contributed by atoms with Crippen molar-refractivity contribution >= 4 is 11.8 Å². The predicted molar refractivity (Wildman–Crippen MR) is 81.7 cm³/mol. The molecule has 0 heterocycles. The van der Waals surface area contributed by atoms with Crippen molar-refractivity contribution in [3.8, 4) is 6.07 Å². The van der Waals surface area contributed by atoms with Gasteiger partial charge in [-0.15, -0.1) is 0 Å². The van der Waals surface area contributed by atoms with Crippen LogP contribution in [0, 0.1) is 23.0 Å². The van der Waals surface area contributed by atoms with E-state index in [9.17, 15) is 18.4 Å². The average molecular weight is 329 g/mol. The summed E-state index contributed by atoms with van der Waals surface area (Å²) < 4.78 is 26.5. The van der Waals surface area contributed by atoms with Crippen LogP contribution in [0.1, 0.15) is 21.5 Å². The average Bonchev–Trinajstić information content (AvgIpc) is 2.54. The molecule has 0 bridgehead atoms. The molecule has 2 aromatic carbocycles. The van der Waals surface area contributed by atoms with Gasteiger partial charge in [-0.3, -0.25) is 9.59 Å². The van der Waals surface area contributed by atoms with Crippen molar-refractivity contribution in [2.24, 2.45) is 5.73 Å². The van der Waals surface area contributed by atoms with Gasteiger partial charge in [-0.05, 0) is 29.8 Å². The number of carbonyl (C=O) groups excluding carboxylic acids is 2. The molecule has 0 aromatic heterocycles. The van der Waals surface area contributed by atoms with Gasteiger partial charge in [0.1, 0.15) is 17.7 Å². The molecule has 0 fully saturated rings. The molecule has 2 aromatic rings. The second kappa shape index (κ2) is 7.33. The van der Waals surface area contributed by atoms with E-state index in [4.69, 9.17) is 11.0 Å². The molecule has 0 aliphatic rings. The lowest BCUT2D eigenvalue weighted by Crippen LogP contribution is -2.46. The van der Waals surface area contributed by atoms with Crippen LogP contribution in [0.15, 0.2) is 42.5 Å². The van der Waals surface area contributed by atoms with E-state index in [1.807, 2.05) is 6.07 Å². The fraction of sp³-hybridized carbons (Fsp3) is 0.118. The standard InChI is InChI=1S/C17H13F2N3O2/c18-12-5-6-13(14(19)8-12)17(24)22-15(16(21)23)7-10-1-3-11(9-20)4-2-10/h1-6,8,15H,7H2,(H2,21,23)(H,22,24)/t15-/m1/s1. The minimum Gasteiger partial charge on any atom is -0.368 e. The molecule has 122 valence electrons. The highest BCUT2D eigenvalue weighted by molar-refractivity contribution is 5.97. The Morgan fingerprint density at radius 1 is 1.17 bits per heavy atom. The third-order valence-electron chi connectivity index (χ3n) is 3.35. The molecule has 0 radical (unpaired) electrons.